The molecule has 0 spiro atoms. The number of rotatable bonds is 6. The van der Waals surface area contributed by atoms with Gasteiger partial charge in [0.15, 0.2) is 0 Å². The molecule has 0 unspecified atom stereocenters. The maximum absolute atomic E-state index is 13.2. The van der Waals surface area contributed by atoms with Crippen molar-refractivity contribution in [3.63, 3.8) is 0 Å². The number of aromatic hydroxyl groups is 1. The average molecular weight is 512 g/mol. The van der Waals surface area contributed by atoms with Crippen LogP contribution in [0.5, 0.6) is 5.88 Å². The first-order valence-electron chi connectivity index (χ1n) is 11.4. The number of hydrogen-bond donors (Lipinski definition) is 2. The number of carbonyl (C=O) groups is 1. The summed E-state index contributed by atoms with van der Waals surface area (Å²) in [5, 5.41) is 12.3. The summed E-state index contributed by atoms with van der Waals surface area (Å²) in [6, 6.07) is 11.0. The molecule has 0 atom stereocenters. The Bertz CT molecular complexity index is 1650. The summed E-state index contributed by atoms with van der Waals surface area (Å²) in [4.78, 5) is 45.3. The number of fused-ring (bicyclic) bond motifs is 1. The van der Waals surface area contributed by atoms with Crippen LogP contribution < -0.4 is 21.8 Å². The maximum atomic E-state index is 13.2. The largest absolute Gasteiger partial charge is 0.494 e. The molecule has 2 heterocycles. The minimum absolute atomic E-state index is 0.0981. The van der Waals surface area contributed by atoms with Crippen molar-refractivity contribution in [2.75, 3.05) is 13.1 Å². The monoisotopic (exact) mass is 512 g/mol. The lowest BCUT2D eigenvalue weighted by molar-refractivity contribution is -0.137. The zero-order valence-corrected chi connectivity index (χ0v) is 20.0. The molecule has 0 fully saturated rings. The highest BCUT2D eigenvalue weighted by molar-refractivity contribution is 5.77. The van der Waals surface area contributed by atoms with Gasteiger partial charge in [0.2, 0.25) is 11.8 Å². The summed E-state index contributed by atoms with van der Waals surface area (Å²) in [5.74, 6) is -0.927. The Labute approximate surface area is 208 Å². The summed E-state index contributed by atoms with van der Waals surface area (Å²) >= 11 is 0. The van der Waals surface area contributed by atoms with Crippen LogP contribution in [0.2, 0.25) is 0 Å². The van der Waals surface area contributed by atoms with E-state index in [0.717, 1.165) is 17.4 Å². The highest BCUT2D eigenvalue weighted by atomic mass is 19.4. The molecule has 2 N–H and O–H groups in total. The van der Waals surface area contributed by atoms with Crippen molar-refractivity contribution in [2.24, 2.45) is 4.99 Å². The molecule has 8 nitrogen and oxygen atoms in total. The van der Waals surface area contributed by atoms with Gasteiger partial charge in [-0.05, 0) is 49.3 Å². The third kappa shape index (κ3) is 5.11. The molecule has 192 valence electrons. The fourth-order valence-electron chi connectivity index (χ4n) is 4.19. The quantitative estimate of drug-likeness (QED) is 0.529. The molecule has 0 saturated heterocycles. The van der Waals surface area contributed by atoms with Gasteiger partial charge in [0.25, 0.3) is 5.56 Å². The van der Waals surface area contributed by atoms with Crippen LogP contribution in [-0.2, 0) is 11.0 Å². The topological polar surface area (TPSA) is 108 Å². The van der Waals surface area contributed by atoms with Crippen molar-refractivity contribution < 1.29 is 23.1 Å². The van der Waals surface area contributed by atoms with E-state index in [1.807, 2.05) is 19.1 Å². The summed E-state index contributed by atoms with van der Waals surface area (Å²) in [6.07, 6.45) is -2.99. The van der Waals surface area contributed by atoms with Crippen LogP contribution in [0.1, 0.15) is 31.4 Å². The molecule has 37 heavy (non-hydrogen) atoms. The standard InChI is InChI=1S/C26H23F3N4O4/c1-3-32(15(2)34)12-11-19-18-9-4-5-10-21(18)30-22(19)14-20-23(35)31-25(37)33(24(20)36)17-8-6-7-16(13-17)26(27,28)29/h4-10,13-14,36H,3,11-12H2,1-2H3,(H,31,35,37)/b22-14-. The third-order valence-corrected chi connectivity index (χ3v) is 6.07. The van der Waals surface area contributed by atoms with Crippen LogP contribution in [0.3, 0.4) is 0 Å². The molecule has 1 aromatic heterocycles. The number of para-hydroxylation sites is 1. The number of carbonyl (C=O) groups excluding carboxylic acids is 1. The van der Waals surface area contributed by atoms with E-state index in [9.17, 15) is 32.7 Å². The molecule has 11 heteroatoms. The first-order chi connectivity index (χ1) is 17.5. The maximum Gasteiger partial charge on any atom is 0.416 e. The summed E-state index contributed by atoms with van der Waals surface area (Å²) in [6.45, 7) is 4.20. The summed E-state index contributed by atoms with van der Waals surface area (Å²) < 4.78 is 40.3. The Kier molecular flexibility index (Phi) is 6.88. The molecule has 1 amide bonds. The van der Waals surface area contributed by atoms with Gasteiger partial charge in [-0.15, -0.1) is 0 Å². The van der Waals surface area contributed by atoms with Gasteiger partial charge in [-0.25, -0.2) is 14.4 Å². The Morgan fingerprint density at radius 1 is 1.16 bits per heavy atom. The zero-order chi connectivity index (χ0) is 26.9. The van der Waals surface area contributed by atoms with Crippen molar-refractivity contribution in [1.29, 1.82) is 0 Å². The number of benzene rings is 2. The second-order valence-electron chi connectivity index (χ2n) is 8.37. The van der Waals surface area contributed by atoms with Gasteiger partial charge in [0.1, 0.15) is 5.56 Å². The molecule has 0 radical (unpaired) electrons. The van der Waals surface area contributed by atoms with E-state index < -0.39 is 28.9 Å². The minimum atomic E-state index is -4.67. The van der Waals surface area contributed by atoms with Gasteiger partial charge in [0, 0.05) is 25.2 Å². The number of alkyl halides is 3. The average Bonchev–Trinajstić information content (AvgIpc) is 3.18. The normalized spacial score (nSPS) is 14.0. The Morgan fingerprint density at radius 3 is 2.57 bits per heavy atom. The van der Waals surface area contributed by atoms with E-state index in [1.165, 1.54) is 19.1 Å². The smallest absolute Gasteiger partial charge is 0.416 e. The summed E-state index contributed by atoms with van der Waals surface area (Å²) in [7, 11) is 0. The third-order valence-electron chi connectivity index (χ3n) is 6.07. The minimum Gasteiger partial charge on any atom is -0.494 e. The van der Waals surface area contributed by atoms with Crippen molar-refractivity contribution in [1.82, 2.24) is 14.5 Å². The van der Waals surface area contributed by atoms with Crippen LogP contribution in [0.25, 0.3) is 17.3 Å². The first-order valence-corrected chi connectivity index (χ1v) is 11.4. The lowest BCUT2D eigenvalue weighted by Gasteiger charge is -2.19. The molecular weight excluding hydrogens is 489 g/mol. The van der Waals surface area contributed by atoms with E-state index in [2.05, 4.69) is 9.98 Å². The van der Waals surface area contributed by atoms with Gasteiger partial charge >= 0.3 is 11.9 Å². The van der Waals surface area contributed by atoms with E-state index in [4.69, 9.17) is 0 Å². The van der Waals surface area contributed by atoms with Crippen LogP contribution in [-0.4, -0.2) is 38.6 Å². The molecule has 4 rings (SSSR count). The number of nitrogens with zero attached hydrogens (tertiary/aromatic N) is 3. The fourth-order valence-corrected chi connectivity index (χ4v) is 4.19. The molecule has 0 bridgehead atoms. The SMILES string of the molecule is CCN(CCC1=c2ccccc2=N/C1=C\c1c(O)n(-c2cccc(C(F)(F)F)c2)c(=O)[nH]c1=O)C(C)=O. The van der Waals surface area contributed by atoms with Gasteiger partial charge in [-0.1, -0.05) is 24.3 Å². The number of hydrogen-bond acceptors (Lipinski definition) is 5. The van der Waals surface area contributed by atoms with Crippen molar-refractivity contribution >= 4 is 17.6 Å². The molecule has 2 aromatic carbocycles. The zero-order valence-electron chi connectivity index (χ0n) is 20.0. The molecule has 0 saturated carbocycles. The lowest BCUT2D eigenvalue weighted by atomic mass is 10.0. The number of aromatic amines is 1. The fraction of sp³-hybridized carbons (Fsp3) is 0.231. The second kappa shape index (κ2) is 9.92. The second-order valence-corrected chi connectivity index (χ2v) is 8.37. The van der Waals surface area contributed by atoms with Crippen molar-refractivity contribution in [3.8, 4) is 11.6 Å². The molecule has 0 aliphatic carbocycles. The van der Waals surface area contributed by atoms with Gasteiger partial charge in [-0.3, -0.25) is 14.6 Å². The number of halogens is 3. The number of allylic oxidation sites excluding steroid dienone is 1. The van der Waals surface area contributed by atoms with Crippen molar-refractivity contribution in [3.05, 3.63) is 96.8 Å². The van der Waals surface area contributed by atoms with Crippen LogP contribution in [0.15, 0.2) is 68.8 Å². The highest BCUT2D eigenvalue weighted by Crippen LogP contribution is 2.31. The van der Waals surface area contributed by atoms with Gasteiger partial charge in [0.05, 0.1) is 22.3 Å². The van der Waals surface area contributed by atoms with E-state index in [-0.39, 0.29) is 17.2 Å². The number of H-pyrrole nitrogens is 1. The molecule has 1 aliphatic rings. The Balaban J connectivity index is 1.86. The Hall–Kier alpha value is -4.41. The highest BCUT2D eigenvalue weighted by Gasteiger charge is 2.31. The molecule has 1 aliphatic heterocycles. The predicted octanol–water partition coefficient (Wildman–Crippen LogP) is 2.33. The Morgan fingerprint density at radius 2 is 1.89 bits per heavy atom. The van der Waals surface area contributed by atoms with Crippen molar-refractivity contribution in [2.45, 2.75) is 26.4 Å². The van der Waals surface area contributed by atoms with E-state index in [1.54, 1.807) is 17.0 Å². The predicted molar refractivity (Wildman–Crippen MR) is 130 cm³/mol. The van der Waals surface area contributed by atoms with Gasteiger partial charge in [-0.2, -0.15) is 13.2 Å². The lowest BCUT2D eigenvalue weighted by Crippen LogP contribution is -2.31. The van der Waals surface area contributed by atoms with Crippen LogP contribution in [0, 0.1) is 0 Å². The van der Waals surface area contributed by atoms with Crippen LogP contribution >= 0.6 is 0 Å². The van der Waals surface area contributed by atoms with Crippen LogP contribution in [0.4, 0.5) is 13.2 Å². The van der Waals surface area contributed by atoms with E-state index in [0.29, 0.717) is 46.8 Å². The number of amides is 1. The van der Waals surface area contributed by atoms with E-state index >= 15 is 0 Å². The van der Waals surface area contributed by atoms with Gasteiger partial charge < -0.3 is 10.0 Å². The first kappa shape index (κ1) is 25.7. The summed E-state index contributed by atoms with van der Waals surface area (Å²) in [5.41, 5.74) is -2.63. The number of nitrogens with one attached hydrogen (secondary N) is 1. The number of aromatic nitrogens is 2. The molecular formula is C26H23F3N4O4. The molecule has 3 aromatic rings.